The summed E-state index contributed by atoms with van der Waals surface area (Å²) in [7, 11) is 0. The van der Waals surface area contributed by atoms with E-state index in [2.05, 4.69) is 32.8 Å². The highest BCUT2D eigenvalue weighted by molar-refractivity contribution is 14.1. The van der Waals surface area contributed by atoms with Crippen molar-refractivity contribution in [1.29, 1.82) is 0 Å². The standard InChI is InChI=1S/C10H9ClIN3S/c1-2-15-9(13-14-10(15)16)6-3-4-8(12)7(11)5-6/h3-5H,2H2,1H3,(H,14,16). The third kappa shape index (κ3) is 2.16. The quantitative estimate of drug-likeness (QED) is 0.647. The number of H-pyrrole nitrogens is 1. The maximum absolute atomic E-state index is 6.09. The largest absolute Gasteiger partial charge is 0.300 e. The van der Waals surface area contributed by atoms with Crippen LogP contribution in [0.2, 0.25) is 5.02 Å². The van der Waals surface area contributed by atoms with Crippen molar-refractivity contribution in [2.24, 2.45) is 0 Å². The second kappa shape index (κ2) is 4.85. The number of hydrogen-bond donors (Lipinski definition) is 1. The second-order valence-electron chi connectivity index (χ2n) is 3.23. The average molecular weight is 366 g/mol. The molecule has 0 unspecified atom stereocenters. The zero-order valence-corrected chi connectivity index (χ0v) is 12.2. The number of nitrogens with zero attached hydrogens (tertiary/aromatic N) is 2. The van der Waals surface area contributed by atoms with Crippen LogP contribution in [0, 0.1) is 8.34 Å². The van der Waals surface area contributed by atoms with E-state index in [0.29, 0.717) is 4.77 Å². The summed E-state index contributed by atoms with van der Waals surface area (Å²) >= 11 is 13.4. The van der Waals surface area contributed by atoms with Gasteiger partial charge < -0.3 is 4.57 Å². The molecule has 0 aliphatic rings. The van der Waals surface area contributed by atoms with E-state index in [0.717, 1.165) is 26.5 Å². The Labute approximate surface area is 117 Å². The first kappa shape index (κ1) is 12.1. The fraction of sp³-hybridized carbons (Fsp3) is 0.200. The van der Waals surface area contributed by atoms with Crippen LogP contribution >= 0.6 is 46.4 Å². The van der Waals surface area contributed by atoms with Crippen LogP contribution in [-0.2, 0) is 6.54 Å². The minimum atomic E-state index is 0.632. The molecule has 6 heteroatoms. The first-order valence-electron chi connectivity index (χ1n) is 4.74. The van der Waals surface area contributed by atoms with Gasteiger partial charge >= 0.3 is 0 Å². The minimum Gasteiger partial charge on any atom is -0.300 e. The summed E-state index contributed by atoms with van der Waals surface area (Å²) in [5, 5.41) is 7.74. The van der Waals surface area contributed by atoms with E-state index >= 15 is 0 Å². The molecule has 16 heavy (non-hydrogen) atoms. The van der Waals surface area contributed by atoms with E-state index in [-0.39, 0.29) is 0 Å². The molecule has 0 aliphatic carbocycles. The Kier molecular flexibility index (Phi) is 3.66. The van der Waals surface area contributed by atoms with Crippen LogP contribution in [0.25, 0.3) is 11.4 Å². The molecule has 0 fully saturated rings. The summed E-state index contributed by atoms with van der Waals surface area (Å²) in [6.45, 7) is 2.82. The number of nitrogens with one attached hydrogen (secondary N) is 1. The van der Waals surface area contributed by atoms with Gasteiger partial charge in [0.1, 0.15) is 0 Å². The lowest BCUT2D eigenvalue weighted by atomic mass is 10.2. The van der Waals surface area contributed by atoms with Gasteiger partial charge in [-0.3, -0.25) is 5.10 Å². The lowest BCUT2D eigenvalue weighted by Gasteiger charge is -2.04. The van der Waals surface area contributed by atoms with E-state index < -0.39 is 0 Å². The Morgan fingerprint density at radius 2 is 2.31 bits per heavy atom. The van der Waals surface area contributed by atoms with Crippen molar-refractivity contribution < 1.29 is 0 Å². The number of halogens is 2. The van der Waals surface area contributed by atoms with E-state index in [1.54, 1.807) is 0 Å². The molecule has 0 amide bonds. The zero-order chi connectivity index (χ0) is 11.7. The number of aromatic amines is 1. The van der Waals surface area contributed by atoms with E-state index in [1.807, 2.05) is 29.7 Å². The van der Waals surface area contributed by atoms with Gasteiger partial charge in [0.25, 0.3) is 0 Å². The molecule has 0 radical (unpaired) electrons. The molecule has 2 aromatic rings. The lowest BCUT2D eigenvalue weighted by molar-refractivity contribution is 0.755. The number of rotatable bonds is 2. The van der Waals surface area contributed by atoms with Crippen molar-refractivity contribution in [2.75, 3.05) is 0 Å². The molecule has 0 bridgehead atoms. The molecule has 0 spiro atoms. The molecule has 84 valence electrons. The molecule has 0 aliphatic heterocycles. The summed E-state index contributed by atoms with van der Waals surface area (Å²) in [5.41, 5.74) is 0.972. The Morgan fingerprint density at radius 1 is 1.56 bits per heavy atom. The highest BCUT2D eigenvalue weighted by Crippen LogP contribution is 2.25. The fourth-order valence-corrected chi connectivity index (χ4v) is 2.24. The van der Waals surface area contributed by atoms with Gasteiger partial charge in [0.15, 0.2) is 10.6 Å². The van der Waals surface area contributed by atoms with Gasteiger partial charge in [-0.2, -0.15) is 5.10 Å². The molecule has 1 aromatic carbocycles. The van der Waals surface area contributed by atoms with Gasteiger partial charge in [-0.05, 0) is 53.9 Å². The van der Waals surface area contributed by atoms with Crippen LogP contribution in [-0.4, -0.2) is 14.8 Å². The van der Waals surface area contributed by atoms with Crippen molar-refractivity contribution in [2.45, 2.75) is 13.5 Å². The van der Waals surface area contributed by atoms with Gasteiger partial charge in [0.2, 0.25) is 0 Å². The molecule has 3 nitrogen and oxygen atoms in total. The van der Waals surface area contributed by atoms with Crippen LogP contribution in [0.4, 0.5) is 0 Å². The fourth-order valence-electron chi connectivity index (χ4n) is 1.47. The lowest BCUT2D eigenvalue weighted by Crippen LogP contribution is -1.97. The van der Waals surface area contributed by atoms with Gasteiger partial charge in [-0.1, -0.05) is 17.7 Å². The van der Waals surface area contributed by atoms with Crippen molar-refractivity contribution >= 4 is 46.4 Å². The van der Waals surface area contributed by atoms with Crippen molar-refractivity contribution in [3.8, 4) is 11.4 Å². The summed E-state index contributed by atoms with van der Waals surface area (Å²) in [5.74, 6) is 0.825. The normalized spacial score (nSPS) is 10.7. The average Bonchev–Trinajstić information content (AvgIpc) is 2.63. The predicted molar refractivity (Wildman–Crippen MR) is 76.2 cm³/mol. The van der Waals surface area contributed by atoms with Crippen molar-refractivity contribution in [3.63, 3.8) is 0 Å². The second-order valence-corrected chi connectivity index (χ2v) is 5.18. The monoisotopic (exact) mass is 365 g/mol. The molecule has 1 N–H and O–H groups in total. The number of aromatic nitrogens is 3. The molecule has 0 saturated heterocycles. The third-order valence-corrected chi connectivity index (χ3v) is 4.14. The van der Waals surface area contributed by atoms with Crippen molar-refractivity contribution in [3.05, 3.63) is 31.6 Å². The van der Waals surface area contributed by atoms with Crippen LogP contribution < -0.4 is 0 Å². The minimum absolute atomic E-state index is 0.632. The molecule has 1 heterocycles. The van der Waals surface area contributed by atoms with Crippen LogP contribution in [0.15, 0.2) is 18.2 Å². The Hall–Kier alpha value is -0.400. The number of hydrogen-bond acceptors (Lipinski definition) is 2. The molecular formula is C10H9ClIN3S. The summed E-state index contributed by atoms with van der Waals surface area (Å²) in [6, 6.07) is 5.86. The molecule has 0 saturated carbocycles. The van der Waals surface area contributed by atoms with Crippen LogP contribution in [0.1, 0.15) is 6.92 Å². The third-order valence-electron chi connectivity index (χ3n) is 2.25. The van der Waals surface area contributed by atoms with Crippen molar-refractivity contribution in [1.82, 2.24) is 14.8 Å². The maximum Gasteiger partial charge on any atom is 0.195 e. The smallest absolute Gasteiger partial charge is 0.195 e. The summed E-state index contributed by atoms with van der Waals surface area (Å²) < 4.78 is 3.60. The Morgan fingerprint density at radius 3 is 2.94 bits per heavy atom. The first-order chi connectivity index (χ1) is 7.63. The molecule has 0 atom stereocenters. The van der Waals surface area contributed by atoms with E-state index in [4.69, 9.17) is 23.8 Å². The SMILES string of the molecule is CCn1c(-c2ccc(I)c(Cl)c2)n[nH]c1=S. The predicted octanol–water partition coefficient (Wildman–Crippen LogP) is 3.89. The van der Waals surface area contributed by atoms with Gasteiger partial charge in [-0.15, -0.1) is 0 Å². The summed E-state index contributed by atoms with van der Waals surface area (Å²) in [6.07, 6.45) is 0. The highest BCUT2D eigenvalue weighted by Gasteiger charge is 2.08. The molecule has 1 aromatic heterocycles. The Bertz CT molecular complexity index is 576. The first-order valence-corrected chi connectivity index (χ1v) is 6.60. The van der Waals surface area contributed by atoms with Crippen LogP contribution in [0.5, 0.6) is 0 Å². The molecule has 2 rings (SSSR count). The zero-order valence-electron chi connectivity index (χ0n) is 8.50. The summed E-state index contributed by atoms with van der Waals surface area (Å²) in [4.78, 5) is 0. The molecular weight excluding hydrogens is 357 g/mol. The topological polar surface area (TPSA) is 33.6 Å². The van der Waals surface area contributed by atoms with Gasteiger partial charge in [0, 0.05) is 15.7 Å². The number of benzene rings is 1. The van der Waals surface area contributed by atoms with E-state index in [1.165, 1.54) is 0 Å². The Balaban J connectivity index is 2.58. The maximum atomic E-state index is 6.09. The van der Waals surface area contributed by atoms with E-state index in [9.17, 15) is 0 Å². The van der Waals surface area contributed by atoms with Crippen LogP contribution in [0.3, 0.4) is 0 Å². The highest BCUT2D eigenvalue weighted by atomic mass is 127. The van der Waals surface area contributed by atoms with Gasteiger partial charge in [0.05, 0.1) is 5.02 Å². The van der Waals surface area contributed by atoms with Gasteiger partial charge in [-0.25, -0.2) is 0 Å².